The van der Waals surface area contributed by atoms with Gasteiger partial charge in [0.2, 0.25) is 0 Å². The standard InChI is InChI=1S/C15H20N2/c1-6-10-17(15(3,4)5)14-12(2)8-7-9-13(14)11-16/h6-9H,1,10H2,2-5H3. The van der Waals surface area contributed by atoms with E-state index in [1.165, 1.54) is 0 Å². The highest BCUT2D eigenvalue weighted by molar-refractivity contribution is 5.65. The van der Waals surface area contributed by atoms with Gasteiger partial charge in [-0.15, -0.1) is 6.58 Å². The number of hydrogen-bond donors (Lipinski definition) is 0. The van der Waals surface area contributed by atoms with Gasteiger partial charge in [0.1, 0.15) is 6.07 Å². The maximum Gasteiger partial charge on any atom is 0.101 e. The Kier molecular flexibility index (Phi) is 3.96. The van der Waals surface area contributed by atoms with Crippen molar-refractivity contribution in [1.29, 1.82) is 5.26 Å². The molecular weight excluding hydrogens is 208 g/mol. The number of rotatable bonds is 3. The highest BCUT2D eigenvalue weighted by Crippen LogP contribution is 2.30. The summed E-state index contributed by atoms with van der Waals surface area (Å²) in [6.07, 6.45) is 1.87. The molecule has 0 saturated carbocycles. The SMILES string of the molecule is C=CCN(c1c(C)cccc1C#N)C(C)(C)C. The molecule has 2 heteroatoms. The van der Waals surface area contributed by atoms with Crippen LogP contribution < -0.4 is 4.90 Å². The van der Waals surface area contributed by atoms with Crippen molar-refractivity contribution in [2.24, 2.45) is 0 Å². The van der Waals surface area contributed by atoms with Crippen LogP contribution in [0.1, 0.15) is 31.9 Å². The molecule has 0 fully saturated rings. The molecule has 0 bridgehead atoms. The van der Waals surface area contributed by atoms with Gasteiger partial charge in [-0.25, -0.2) is 0 Å². The number of aryl methyl sites for hydroxylation is 1. The average molecular weight is 228 g/mol. The van der Waals surface area contributed by atoms with Crippen LogP contribution >= 0.6 is 0 Å². The van der Waals surface area contributed by atoms with Crippen molar-refractivity contribution < 1.29 is 0 Å². The van der Waals surface area contributed by atoms with E-state index in [9.17, 15) is 5.26 Å². The highest BCUT2D eigenvalue weighted by atomic mass is 15.2. The summed E-state index contributed by atoms with van der Waals surface area (Å²) in [5, 5.41) is 9.22. The van der Waals surface area contributed by atoms with Crippen LogP contribution in [-0.2, 0) is 0 Å². The highest BCUT2D eigenvalue weighted by Gasteiger charge is 2.24. The van der Waals surface area contributed by atoms with Gasteiger partial charge in [0.15, 0.2) is 0 Å². The Morgan fingerprint density at radius 3 is 2.53 bits per heavy atom. The molecule has 0 N–H and O–H groups in total. The van der Waals surface area contributed by atoms with Crippen LogP contribution in [0.4, 0.5) is 5.69 Å². The summed E-state index contributed by atoms with van der Waals surface area (Å²) < 4.78 is 0. The van der Waals surface area contributed by atoms with Crippen molar-refractivity contribution in [2.75, 3.05) is 11.4 Å². The second kappa shape index (κ2) is 5.05. The zero-order valence-corrected chi connectivity index (χ0v) is 11.1. The number of nitriles is 1. The first-order chi connectivity index (χ1) is 7.91. The molecule has 1 aromatic rings. The Morgan fingerprint density at radius 2 is 2.06 bits per heavy atom. The third-order valence-corrected chi connectivity index (χ3v) is 2.75. The van der Waals surface area contributed by atoms with Gasteiger partial charge < -0.3 is 4.90 Å². The fourth-order valence-electron chi connectivity index (χ4n) is 1.94. The maximum absolute atomic E-state index is 9.22. The Morgan fingerprint density at radius 1 is 1.41 bits per heavy atom. The summed E-state index contributed by atoms with van der Waals surface area (Å²) in [6.45, 7) is 13.0. The van der Waals surface area contributed by atoms with E-state index in [2.05, 4.69) is 38.3 Å². The third kappa shape index (κ3) is 2.88. The zero-order chi connectivity index (χ0) is 13.1. The molecule has 0 spiro atoms. The first kappa shape index (κ1) is 13.3. The molecular formula is C15H20N2. The molecule has 0 atom stereocenters. The second-order valence-corrected chi connectivity index (χ2v) is 5.15. The molecule has 0 aliphatic rings. The zero-order valence-electron chi connectivity index (χ0n) is 11.1. The molecule has 0 aromatic heterocycles. The van der Waals surface area contributed by atoms with Crippen molar-refractivity contribution in [1.82, 2.24) is 0 Å². The lowest BCUT2D eigenvalue weighted by molar-refractivity contribution is 0.521. The molecule has 0 radical (unpaired) electrons. The van der Waals surface area contributed by atoms with Crippen LogP contribution in [0.2, 0.25) is 0 Å². The summed E-state index contributed by atoms with van der Waals surface area (Å²) >= 11 is 0. The van der Waals surface area contributed by atoms with Gasteiger partial charge in [-0.2, -0.15) is 5.26 Å². The minimum Gasteiger partial charge on any atom is -0.362 e. The number of benzene rings is 1. The maximum atomic E-state index is 9.22. The molecule has 17 heavy (non-hydrogen) atoms. The first-order valence-corrected chi connectivity index (χ1v) is 5.80. The molecule has 0 unspecified atom stereocenters. The van der Waals surface area contributed by atoms with Crippen molar-refractivity contribution in [2.45, 2.75) is 33.2 Å². The first-order valence-electron chi connectivity index (χ1n) is 5.80. The van der Waals surface area contributed by atoms with Crippen LogP contribution in [0.15, 0.2) is 30.9 Å². The minimum atomic E-state index is -0.0358. The number of anilines is 1. The van der Waals surface area contributed by atoms with E-state index in [0.29, 0.717) is 0 Å². The number of para-hydroxylation sites is 1. The van der Waals surface area contributed by atoms with E-state index in [0.717, 1.165) is 23.4 Å². The molecule has 90 valence electrons. The fourth-order valence-corrected chi connectivity index (χ4v) is 1.94. The molecule has 0 aliphatic heterocycles. The van der Waals surface area contributed by atoms with E-state index in [1.54, 1.807) is 0 Å². The van der Waals surface area contributed by atoms with Crippen molar-refractivity contribution in [3.63, 3.8) is 0 Å². The molecule has 1 rings (SSSR count). The van der Waals surface area contributed by atoms with E-state index < -0.39 is 0 Å². The lowest BCUT2D eigenvalue weighted by Crippen LogP contribution is -2.42. The van der Waals surface area contributed by atoms with Crippen LogP contribution in [0.5, 0.6) is 0 Å². The van der Waals surface area contributed by atoms with E-state index in [1.807, 2.05) is 31.2 Å². The summed E-state index contributed by atoms with van der Waals surface area (Å²) in [5.74, 6) is 0. The van der Waals surface area contributed by atoms with Crippen LogP contribution in [0.25, 0.3) is 0 Å². The summed E-state index contributed by atoms with van der Waals surface area (Å²) in [6, 6.07) is 8.10. The quantitative estimate of drug-likeness (QED) is 0.738. The van der Waals surface area contributed by atoms with E-state index >= 15 is 0 Å². The van der Waals surface area contributed by atoms with Crippen LogP contribution in [0.3, 0.4) is 0 Å². The van der Waals surface area contributed by atoms with Gasteiger partial charge in [-0.3, -0.25) is 0 Å². The van der Waals surface area contributed by atoms with Gasteiger partial charge in [-0.1, -0.05) is 18.2 Å². The normalized spacial score (nSPS) is 10.8. The van der Waals surface area contributed by atoms with Gasteiger partial charge in [0, 0.05) is 12.1 Å². The van der Waals surface area contributed by atoms with Gasteiger partial charge in [-0.05, 0) is 39.3 Å². The Labute approximate surface area is 104 Å². The Bertz CT molecular complexity index is 447. The molecule has 0 heterocycles. The fraction of sp³-hybridized carbons (Fsp3) is 0.400. The summed E-state index contributed by atoms with van der Waals surface area (Å²) in [4.78, 5) is 2.22. The monoisotopic (exact) mass is 228 g/mol. The largest absolute Gasteiger partial charge is 0.362 e. The predicted molar refractivity (Wildman–Crippen MR) is 73.2 cm³/mol. The van der Waals surface area contributed by atoms with Gasteiger partial charge >= 0.3 is 0 Å². The van der Waals surface area contributed by atoms with Crippen molar-refractivity contribution in [3.8, 4) is 6.07 Å². The summed E-state index contributed by atoms with van der Waals surface area (Å²) in [5.41, 5.74) is 2.83. The number of hydrogen-bond acceptors (Lipinski definition) is 2. The van der Waals surface area contributed by atoms with E-state index in [-0.39, 0.29) is 5.54 Å². The van der Waals surface area contributed by atoms with Crippen molar-refractivity contribution in [3.05, 3.63) is 42.0 Å². The van der Waals surface area contributed by atoms with Gasteiger partial charge in [0.25, 0.3) is 0 Å². The van der Waals surface area contributed by atoms with Crippen LogP contribution in [0, 0.1) is 18.3 Å². The Balaban J connectivity index is 3.38. The van der Waals surface area contributed by atoms with Crippen molar-refractivity contribution >= 4 is 5.69 Å². The smallest absolute Gasteiger partial charge is 0.101 e. The lowest BCUT2D eigenvalue weighted by Gasteiger charge is -2.38. The number of nitrogens with zero attached hydrogens (tertiary/aromatic N) is 2. The third-order valence-electron chi connectivity index (χ3n) is 2.75. The molecule has 2 nitrogen and oxygen atoms in total. The van der Waals surface area contributed by atoms with Crippen LogP contribution in [-0.4, -0.2) is 12.1 Å². The van der Waals surface area contributed by atoms with Gasteiger partial charge in [0.05, 0.1) is 11.3 Å². The minimum absolute atomic E-state index is 0.0358. The predicted octanol–water partition coefficient (Wildman–Crippen LogP) is 3.66. The lowest BCUT2D eigenvalue weighted by atomic mass is 10.00. The molecule has 0 saturated heterocycles. The summed E-state index contributed by atoms with van der Waals surface area (Å²) in [7, 11) is 0. The van der Waals surface area contributed by atoms with E-state index in [4.69, 9.17) is 0 Å². The molecule has 1 aromatic carbocycles. The Hall–Kier alpha value is -1.75. The molecule has 0 amide bonds. The topological polar surface area (TPSA) is 27.0 Å². The average Bonchev–Trinajstić information content (AvgIpc) is 2.25. The molecule has 0 aliphatic carbocycles. The second-order valence-electron chi connectivity index (χ2n) is 5.15.